The number of hydrogen-bond acceptors (Lipinski definition) is 5. The fraction of sp³-hybridized carbons (Fsp3) is 0.692. The summed E-state index contributed by atoms with van der Waals surface area (Å²) in [5, 5.41) is 4.11. The van der Waals surface area contributed by atoms with Crippen LogP contribution >= 0.6 is 0 Å². The fourth-order valence-electron chi connectivity index (χ4n) is 2.04. The molecule has 1 aliphatic rings. The van der Waals surface area contributed by atoms with Gasteiger partial charge in [0.1, 0.15) is 5.60 Å². The first-order chi connectivity index (χ1) is 10.0. The second kappa shape index (κ2) is 5.54. The molecule has 124 valence electrons. The molecule has 0 aliphatic carbocycles. The molecular weight excluding hydrogens is 308 g/mol. The number of nitrogens with zero attached hydrogens (tertiary/aromatic N) is 4. The Bertz CT molecular complexity index is 673. The normalized spacial score (nSPS) is 15.8. The number of aromatic nitrogens is 2. The average Bonchev–Trinajstić information content (AvgIpc) is 2.79. The van der Waals surface area contributed by atoms with Gasteiger partial charge in [0.25, 0.3) is 0 Å². The summed E-state index contributed by atoms with van der Waals surface area (Å²) < 4.78 is 31.5. The Hall–Kier alpha value is -1.61. The van der Waals surface area contributed by atoms with Crippen LogP contribution in [0.4, 0.5) is 4.79 Å². The number of ether oxygens (including phenoxy) is 1. The molecule has 1 aromatic heterocycles. The minimum atomic E-state index is -3.63. The van der Waals surface area contributed by atoms with E-state index in [0.29, 0.717) is 18.7 Å². The Morgan fingerprint density at radius 3 is 2.55 bits per heavy atom. The molecule has 1 aromatic rings. The van der Waals surface area contributed by atoms with Crippen molar-refractivity contribution < 1.29 is 17.9 Å². The van der Waals surface area contributed by atoms with Gasteiger partial charge in [0.05, 0.1) is 12.2 Å². The molecule has 0 N–H and O–H groups in total. The third-order valence-electron chi connectivity index (χ3n) is 3.20. The molecule has 2 heterocycles. The SMILES string of the molecule is CN(C)S(=O)(=O)n1cc2c(n1)CN(C(=O)OC(C)(C)C)CC2. The molecule has 9 heteroatoms. The lowest BCUT2D eigenvalue weighted by molar-refractivity contribution is 0.0221. The number of carbonyl (C=O) groups excluding carboxylic acids is 1. The van der Waals surface area contributed by atoms with Gasteiger partial charge in [-0.2, -0.15) is 21.9 Å². The molecule has 1 aliphatic heterocycles. The Morgan fingerprint density at radius 2 is 2.00 bits per heavy atom. The average molecular weight is 330 g/mol. The lowest BCUT2D eigenvalue weighted by atomic mass is 10.1. The molecular formula is C13H22N4O4S. The van der Waals surface area contributed by atoms with E-state index in [1.807, 2.05) is 0 Å². The monoisotopic (exact) mass is 330 g/mol. The minimum absolute atomic E-state index is 0.250. The second-order valence-corrected chi connectivity index (χ2v) is 8.42. The Labute approximate surface area is 130 Å². The third kappa shape index (κ3) is 3.41. The van der Waals surface area contributed by atoms with Crippen LogP contribution in [0, 0.1) is 0 Å². The van der Waals surface area contributed by atoms with Crippen LogP contribution < -0.4 is 0 Å². The predicted octanol–water partition coefficient (Wildman–Crippen LogP) is 0.831. The van der Waals surface area contributed by atoms with Crippen LogP contribution in [0.2, 0.25) is 0 Å². The van der Waals surface area contributed by atoms with E-state index in [2.05, 4.69) is 5.10 Å². The standard InChI is InChI=1S/C13H22N4O4S/c1-13(2,3)21-12(18)16-7-6-10-8-17(14-11(10)9-16)22(19,20)15(4)5/h8H,6-7,9H2,1-5H3. The van der Waals surface area contributed by atoms with Crippen molar-refractivity contribution in [1.29, 1.82) is 0 Å². The molecule has 1 amide bonds. The summed E-state index contributed by atoms with van der Waals surface area (Å²) in [4.78, 5) is 13.6. The summed E-state index contributed by atoms with van der Waals surface area (Å²) in [5.74, 6) is 0. The fourth-order valence-corrected chi connectivity index (χ4v) is 2.84. The lowest BCUT2D eigenvalue weighted by Crippen LogP contribution is -2.39. The van der Waals surface area contributed by atoms with Crippen molar-refractivity contribution in [2.75, 3.05) is 20.6 Å². The third-order valence-corrected chi connectivity index (χ3v) is 4.78. The summed E-state index contributed by atoms with van der Waals surface area (Å²) >= 11 is 0. The van der Waals surface area contributed by atoms with Gasteiger partial charge in [-0.3, -0.25) is 0 Å². The van der Waals surface area contributed by atoms with Gasteiger partial charge >= 0.3 is 16.3 Å². The summed E-state index contributed by atoms with van der Waals surface area (Å²) in [5.41, 5.74) is 0.859. The summed E-state index contributed by atoms with van der Waals surface area (Å²) in [6, 6.07) is 0. The Kier molecular flexibility index (Phi) is 4.22. The number of carbonyl (C=O) groups is 1. The van der Waals surface area contributed by atoms with Crippen LogP contribution in [0.25, 0.3) is 0 Å². The molecule has 0 fully saturated rings. The van der Waals surface area contributed by atoms with Crippen molar-refractivity contribution in [1.82, 2.24) is 18.4 Å². The first-order valence-corrected chi connectivity index (χ1v) is 8.39. The van der Waals surface area contributed by atoms with E-state index in [0.717, 1.165) is 14.0 Å². The highest BCUT2D eigenvalue weighted by Crippen LogP contribution is 2.20. The van der Waals surface area contributed by atoms with E-state index >= 15 is 0 Å². The van der Waals surface area contributed by atoms with Crippen LogP contribution in [0.3, 0.4) is 0 Å². The zero-order chi connectivity index (χ0) is 16.7. The highest BCUT2D eigenvalue weighted by Gasteiger charge is 2.29. The van der Waals surface area contributed by atoms with Crippen LogP contribution in [0.1, 0.15) is 32.0 Å². The van der Waals surface area contributed by atoms with Gasteiger partial charge in [-0.15, -0.1) is 0 Å². The van der Waals surface area contributed by atoms with Crippen LogP contribution in [-0.2, 0) is 27.9 Å². The summed E-state index contributed by atoms with van der Waals surface area (Å²) in [6.07, 6.45) is 1.65. The van der Waals surface area contributed by atoms with Gasteiger partial charge < -0.3 is 9.64 Å². The van der Waals surface area contributed by atoms with Crippen molar-refractivity contribution >= 4 is 16.3 Å². The molecule has 8 nitrogen and oxygen atoms in total. The lowest BCUT2D eigenvalue weighted by Gasteiger charge is -2.29. The summed E-state index contributed by atoms with van der Waals surface area (Å²) in [7, 11) is -0.738. The van der Waals surface area contributed by atoms with Gasteiger partial charge in [0.2, 0.25) is 0 Å². The van der Waals surface area contributed by atoms with Gasteiger partial charge in [-0.25, -0.2) is 4.79 Å². The van der Waals surface area contributed by atoms with Crippen LogP contribution in [-0.4, -0.2) is 59.1 Å². The highest BCUT2D eigenvalue weighted by atomic mass is 32.2. The maximum atomic E-state index is 12.1. The predicted molar refractivity (Wildman–Crippen MR) is 80.6 cm³/mol. The van der Waals surface area contributed by atoms with Crippen LogP contribution in [0.5, 0.6) is 0 Å². The van der Waals surface area contributed by atoms with Gasteiger partial charge in [0.15, 0.2) is 0 Å². The van der Waals surface area contributed by atoms with E-state index in [4.69, 9.17) is 4.74 Å². The molecule has 0 bridgehead atoms. The topological polar surface area (TPSA) is 84.7 Å². The smallest absolute Gasteiger partial charge is 0.410 e. The van der Waals surface area contributed by atoms with E-state index in [-0.39, 0.29) is 6.54 Å². The van der Waals surface area contributed by atoms with E-state index in [1.165, 1.54) is 25.2 Å². The Balaban J connectivity index is 2.19. The zero-order valence-electron chi connectivity index (χ0n) is 13.5. The molecule has 0 atom stereocenters. The first kappa shape index (κ1) is 16.8. The molecule has 2 rings (SSSR count). The van der Waals surface area contributed by atoms with Crippen molar-refractivity contribution in [2.45, 2.75) is 39.3 Å². The maximum absolute atomic E-state index is 12.1. The largest absolute Gasteiger partial charge is 0.444 e. The second-order valence-electron chi connectivity index (χ2n) is 6.42. The number of fused-ring (bicyclic) bond motifs is 1. The first-order valence-electron chi connectivity index (χ1n) is 6.99. The highest BCUT2D eigenvalue weighted by molar-refractivity contribution is 7.87. The van der Waals surface area contributed by atoms with E-state index < -0.39 is 21.9 Å². The van der Waals surface area contributed by atoms with Crippen molar-refractivity contribution in [3.63, 3.8) is 0 Å². The molecule has 0 radical (unpaired) electrons. The maximum Gasteiger partial charge on any atom is 0.410 e. The molecule has 0 unspecified atom stereocenters. The molecule has 22 heavy (non-hydrogen) atoms. The Morgan fingerprint density at radius 1 is 1.36 bits per heavy atom. The zero-order valence-corrected chi connectivity index (χ0v) is 14.3. The quantitative estimate of drug-likeness (QED) is 0.802. The van der Waals surface area contributed by atoms with Crippen molar-refractivity contribution in [3.8, 4) is 0 Å². The summed E-state index contributed by atoms with van der Waals surface area (Å²) in [6.45, 7) is 6.14. The minimum Gasteiger partial charge on any atom is -0.444 e. The molecule has 0 aromatic carbocycles. The molecule has 0 spiro atoms. The van der Waals surface area contributed by atoms with Crippen molar-refractivity contribution in [3.05, 3.63) is 17.5 Å². The molecule has 0 saturated carbocycles. The van der Waals surface area contributed by atoms with Crippen LogP contribution in [0.15, 0.2) is 6.20 Å². The molecule has 0 saturated heterocycles. The number of amides is 1. The van der Waals surface area contributed by atoms with Gasteiger partial charge in [-0.05, 0) is 32.8 Å². The number of rotatable bonds is 2. The van der Waals surface area contributed by atoms with E-state index in [9.17, 15) is 13.2 Å². The van der Waals surface area contributed by atoms with Gasteiger partial charge in [0, 0.05) is 26.8 Å². The van der Waals surface area contributed by atoms with E-state index in [1.54, 1.807) is 20.8 Å². The number of hydrogen-bond donors (Lipinski definition) is 0. The van der Waals surface area contributed by atoms with Gasteiger partial charge in [-0.1, -0.05) is 0 Å². The van der Waals surface area contributed by atoms with Crippen molar-refractivity contribution in [2.24, 2.45) is 0 Å².